The van der Waals surface area contributed by atoms with Crippen LogP contribution in [0.15, 0.2) is 22.6 Å². The molecule has 4 heteroatoms. The first-order chi connectivity index (χ1) is 9.11. The van der Waals surface area contributed by atoms with Crippen molar-refractivity contribution in [2.45, 2.75) is 27.3 Å². The number of furan rings is 1. The van der Waals surface area contributed by atoms with Gasteiger partial charge in [0.2, 0.25) is 0 Å². The molecule has 4 nitrogen and oxygen atoms in total. The Balaban J connectivity index is 2.26. The Bertz CT molecular complexity index is 752. The summed E-state index contributed by atoms with van der Waals surface area (Å²) in [7, 11) is 0. The van der Waals surface area contributed by atoms with E-state index in [1.807, 2.05) is 32.0 Å². The van der Waals surface area contributed by atoms with Crippen molar-refractivity contribution < 1.29 is 4.42 Å². The minimum atomic E-state index is 0.490. The van der Waals surface area contributed by atoms with Crippen molar-refractivity contribution in [1.29, 1.82) is 0 Å². The molecule has 0 aliphatic heterocycles. The number of aromatic nitrogens is 2. The minimum Gasteiger partial charge on any atom is -0.466 e. The van der Waals surface area contributed by atoms with Gasteiger partial charge in [0.15, 0.2) is 0 Å². The number of hydrogen-bond acceptors (Lipinski definition) is 3. The Kier molecular flexibility index (Phi) is 2.68. The van der Waals surface area contributed by atoms with Crippen LogP contribution in [0.1, 0.15) is 22.6 Å². The summed E-state index contributed by atoms with van der Waals surface area (Å²) < 4.78 is 5.67. The highest BCUT2D eigenvalue weighted by molar-refractivity contribution is 5.83. The maximum atomic E-state index is 5.76. The van der Waals surface area contributed by atoms with Crippen LogP contribution in [0.25, 0.3) is 22.4 Å². The highest BCUT2D eigenvalue weighted by Gasteiger charge is 2.17. The van der Waals surface area contributed by atoms with Crippen LogP contribution in [0.3, 0.4) is 0 Å². The highest BCUT2D eigenvalue weighted by atomic mass is 16.3. The molecule has 2 aromatic heterocycles. The molecule has 0 spiro atoms. The number of nitrogens with zero attached hydrogens (tertiary/aromatic N) is 1. The fourth-order valence-corrected chi connectivity index (χ4v) is 2.52. The van der Waals surface area contributed by atoms with Crippen LogP contribution in [0, 0.1) is 20.8 Å². The molecule has 2 heterocycles. The molecule has 0 aliphatic carbocycles. The number of imidazole rings is 1. The fourth-order valence-electron chi connectivity index (χ4n) is 2.52. The first-order valence-electron chi connectivity index (χ1n) is 6.36. The SMILES string of the molecule is Cc1oc(C)c(-c2nc3c(CN)cccc3[nH]2)c1C. The van der Waals surface area contributed by atoms with E-state index in [1.165, 1.54) is 0 Å². The van der Waals surface area contributed by atoms with Gasteiger partial charge >= 0.3 is 0 Å². The van der Waals surface area contributed by atoms with E-state index in [2.05, 4.69) is 11.9 Å². The standard InChI is InChI=1S/C15H17N3O/c1-8-9(2)19-10(3)13(8)15-17-12-6-4-5-11(7-16)14(12)18-15/h4-6H,7,16H2,1-3H3,(H,17,18). The molecular formula is C15H17N3O. The summed E-state index contributed by atoms with van der Waals surface area (Å²) in [6.07, 6.45) is 0. The van der Waals surface area contributed by atoms with Crippen molar-refractivity contribution in [2.75, 3.05) is 0 Å². The Labute approximate surface area is 111 Å². The zero-order valence-corrected chi connectivity index (χ0v) is 11.4. The third-order valence-electron chi connectivity index (χ3n) is 3.61. The maximum absolute atomic E-state index is 5.76. The molecule has 0 fully saturated rings. The molecular weight excluding hydrogens is 238 g/mol. The average molecular weight is 255 g/mol. The molecule has 3 rings (SSSR count). The van der Waals surface area contributed by atoms with Gasteiger partial charge in [-0.05, 0) is 32.4 Å². The van der Waals surface area contributed by atoms with Crippen molar-refractivity contribution in [3.8, 4) is 11.4 Å². The third kappa shape index (κ3) is 1.76. The number of hydrogen-bond donors (Lipinski definition) is 2. The summed E-state index contributed by atoms with van der Waals surface area (Å²) in [6.45, 7) is 6.48. The van der Waals surface area contributed by atoms with Crippen LogP contribution in [0.2, 0.25) is 0 Å². The lowest BCUT2D eigenvalue weighted by Crippen LogP contribution is -1.96. The molecule has 0 amide bonds. The topological polar surface area (TPSA) is 67.8 Å². The lowest BCUT2D eigenvalue weighted by molar-refractivity contribution is 0.503. The zero-order valence-electron chi connectivity index (χ0n) is 11.4. The lowest BCUT2D eigenvalue weighted by atomic mass is 10.1. The third-order valence-corrected chi connectivity index (χ3v) is 3.61. The molecule has 3 aromatic rings. The quantitative estimate of drug-likeness (QED) is 0.738. The van der Waals surface area contributed by atoms with Gasteiger partial charge < -0.3 is 15.1 Å². The van der Waals surface area contributed by atoms with Gasteiger partial charge in [0.1, 0.15) is 17.3 Å². The molecule has 19 heavy (non-hydrogen) atoms. The number of fused-ring (bicyclic) bond motifs is 1. The van der Waals surface area contributed by atoms with Gasteiger partial charge in [-0.1, -0.05) is 12.1 Å². The van der Waals surface area contributed by atoms with Crippen LogP contribution in [-0.2, 0) is 6.54 Å². The van der Waals surface area contributed by atoms with Crippen molar-refractivity contribution in [3.63, 3.8) is 0 Å². The lowest BCUT2D eigenvalue weighted by Gasteiger charge is -1.96. The van der Waals surface area contributed by atoms with E-state index in [0.717, 1.165) is 45.1 Å². The molecule has 0 bridgehead atoms. The van der Waals surface area contributed by atoms with E-state index in [1.54, 1.807) is 0 Å². The van der Waals surface area contributed by atoms with E-state index < -0.39 is 0 Å². The van der Waals surface area contributed by atoms with Gasteiger partial charge in [-0.3, -0.25) is 0 Å². The monoisotopic (exact) mass is 255 g/mol. The molecule has 0 unspecified atom stereocenters. The Morgan fingerprint density at radius 2 is 2.00 bits per heavy atom. The van der Waals surface area contributed by atoms with Crippen molar-refractivity contribution in [1.82, 2.24) is 9.97 Å². The summed E-state index contributed by atoms with van der Waals surface area (Å²) >= 11 is 0. The van der Waals surface area contributed by atoms with Crippen LogP contribution >= 0.6 is 0 Å². The van der Waals surface area contributed by atoms with Crippen molar-refractivity contribution >= 4 is 11.0 Å². The summed E-state index contributed by atoms with van der Waals surface area (Å²) in [5.41, 5.74) is 10.9. The first kappa shape index (κ1) is 12.0. The zero-order chi connectivity index (χ0) is 13.6. The Hall–Kier alpha value is -2.07. The molecule has 3 N–H and O–H groups in total. The van der Waals surface area contributed by atoms with Gasteiger partial charge in [0.25, 0.3) is 0 Å². The van der Waals surface area contributed by atoms with E-state index in [4.69, 9.17) is 15.1 Å². The largest absolute Gasteiger partial charge is 0.466 e. The highest BCUT2D eigenvalue weighted by Crippen LogP contribution is 2.31. The second-order valence-corrected chi connectivity index (χ2v) is 4.82. The van der Waals surface area contributed by atoms with E-state index >= 15 is 0 Å². The fraction of sp³-hybridized carbons (Fsp3) is 0.267. The number of rotatable bonds is 2. The molecule has 0 radical (unpaired) electrons. The molecule has 0 atom stereocenters. The second kappa shape index (κ2) is 4.24. The second-order valence-electron chi connectivity index (χ2n) is 4.82. The van der Waals surface area contributed by atoms with Gasteiger partial charge in [-0.15, -0.1) is 0 Å². The van der Waals surface area contributed by atoms with Crippen molar-refractivity contribution in [3.05, 3.63) is 40.8 Å². The van der Waals surface area contributed by atoms with Crippen LogP contribution in [0.4, 0.5) is 0 Å². The normalized spacial score (nSPS) is 11.4. The summed E-state index contributed by atoms with van der Waals surface area (Å²) in [6, 6.07) is 6.02. The predicted molar refractivity (Wildman–Crippen MR) is 75.9 cm³/mol. The number of H-pyrrole nitrogens is 1. The number of benzene rings is 1. The van der Waals surface area contributed by atoms with Crippen LogP contribution in [-0.4, -0.2) is 9.97 Å². The molecule has 1 aromatic carbocycles. The molecule has 0 saturated carbocycles. The molecule has 98 valence electrons. The summed E-state index contributed by atoms with van der Waals surface area (Å²) in [5, 5.41) is 0. The average Bonchev–Trinajstić information content (AvgIpc) is 2.90. The minimum absolute atomic E-state index is 0.490. The van der Waals surface area contributed by atoms with E-state index in [9.17, 15) is 0 Å². The first-order valence-corrected chi connectivity index (χ1v) is 6.36. The van der Waals surface area contributed by atoms with Crippen LogP contribution in [0.5, 0.6) is 0 Å². The molecule has 0 aliphatic rings. The van der Waals surface area contributed by atoms with Gasteiger partial charge in [0, 0.05) is 12.1 Å². The van der Waals surface area contributed by atoms with Gasteiger partial charge in [-0.2, -0.15) is 0 Å². The maximum Gasteiger partial charge on any atom is 0.142 e. The number of aromatic amines is 1. The summed E-state index contributed by atoms with van der Waals surface area (Å²) in [4.78, 5) is 8.05. The van der Waals surface area contributed by atoms with Crippen molar-refractivity contribution in [2.24, 2.45) is 5.73 Å². The summed E-state index contributed by atoms with van der Waals surface area (Å²) in [5.74, 6) is 2.68. The number of nitrogens with one attached hydrogen (secondary N) is 1. The van der Waals surface area contributed by atoms with Gasteiger partial charge in [0.05, 0.1) is 16.6 Å². The number of para-hydroxylation sites is 1. The van der Waals surface area contributed by atoms with Gasteiger partial charge in [-0.25, -0.2) is 4.98 Å². The smallest absolute Gasteiger partial charge is 0.142 e. The van der Waals surface area contributed by atoms with Crippen LogP contribution < -0.4 is 5.73 Å². The number of nitrogens with two attached hydrogens (primary N) is 1. The predicted octanol–water partition coefficient (Wildman–Crippen LogP) is 3.21. The Morgan fingerprint density at radius 1 is 1.21 bits per heavy atom. The van der Waals surface area contributed by atoms with E-state index in [0.29, 0.717) is 6.54 Å². The molecule has 0 saturated heterocycles. The van der Waals surface area contributed by atoms with E-state index in [-0.39, 0.29) is 0 Å². The number of aryl methyl sites for hydroxylation is 2. The Morgan fingerprint density at radius 3 is 2.63 bits per heavy atom.